The van der Waals surface area contributed by atoms with E-state index in [0.29, 0.717) is 6.61 Å². The van der Waals surface area contributed by atoms with Crippen molar-refractivity contribution in [3.63, 3.8) is 0 Å². The SMILES string of the molecule is CCOC(=O)/C=C/O[C@@H]1CO[C@@H](c2ccccc2)O[C@H]1CC=O. The summed E-state index contributed by atoms with van der Waals surface area (Å²) in [4.78, 5) is 22.1. The van der Waals surface area contributed by atoms with Crippen molar-refractivity contribution in [3.8, 4) is 0 Å². The number of ether oxygens (including phenoxy) is 4. The highest BCUT2D eigenvalue weighted by atomic mass is 16.7. The molecule has 0 spiro atoms. The van der Waals surface area contributed by atoms with Gasteiger partial charge in [0, 0.05) is 12.0 Å². The normalized spacial score (nSPS) is 24.3. The van der Waals surface area contributed by atoms with Crippen molar-refractivity contribution < 1.29 is 28.5 Å². The van der Waals surface area contributed by atoms with Crippen molar-refractivity contribution in [1.29, 1.82) is 0 Å². The Morgan fingerprint density at radius 3 is 2.83 bits per heavy atom. The first-order valence-electron chi connectivity index (χ1n) is 7.49. The standard InChI is InChI=1S/C17H20O6/c1-2-20-16(19)9-11-21-15-12-22-17(23-14(15)8-10-18)13-6-4-3-5-7-13/h3-7,9-11,14-15,17H,2,8,12H2,1H3/b11-9+/t14-,15+,17+/m0/s1. The molecule has 0 saturated carbocycles. The molecule has 23 heavy (non-hydrogen) atoms. The molecule has 1 fully saturated rings. The van der Waals surface area contributed by atoms with Crippen LogP contribution in [0.1, 0.15) is 25.2 Å². The summed E-state index contributed by atoms with van der Waals surface area (Å²) in [6.07, 6.45) is 1.95. The molecule has 2 rings (SSSR count). The quantitative estimate of drug-likeness (QED) is 0.332. The Kier molecular flexibility index (Phi) is 6.77. The van der Waals surface area contributed by atoms with Gasteiger partial charge in [0.2, 0.25) is 0 Å². The minimum Gasteiger partial charge on any atom is -0.493 e. The van der Waals surface area contributed by atoms with Gasteiger partial charge in [-0.3, -0.25) is 0 Å². The molecule has 6 nitrogen and oxygen atoms in total. The molecule has 0 N–H and O–H groups in total. The molecule has 1 aliphatic heterocycles. The Morgan fingerprint density at radius 2 is 2.13 bits per heavy atom. The van der Waals surface area contributed by atoms with E-state index in [1.54, 1.807) is 6.92 Å². The topological polar surface area (TPSA) is 71.1 Å². The van der Waals surface area contributed by atoms with E-state index in [9.17, 15) is 9.59 Å². The van der Waals surface area contributed by atoms with Gasteiger partial charge < -0.3 is 23.7 Å². The Hall–Kier alpha value is -2.18. The van der Waals surface area contributed by atoms with E-state index < -0.39 is 24.5 Å². The van der Waals surface area contributed by atoms with Crippen molar-refractivity contribution >= 4 is 12.3 Å². The number of esters is 1. The molecule has 1 aromatic rings. The van der Waals surface area contributed by atoms with Crippen LogP contribution in [0.25, 0.3) is 0 Å². The molecule has 0 radical (unpaired) electrons. The summed E-state index contributed by atoms with van der Waals surface area (Å²) in [5.41, 5.74) is 0.879. The fourth-order valence-corrected chi connectivity index (χ4v) is 2.18. The average molecular weight is 320 g/mol. The number of benzene rings is 1. The van der Waals surface area contributed by atoms with Crippen LogP contribution < -0.4 is 0 Å². The third kappa shape index (κ3) is 5.19. The fraction of sp³-hybridized carbons (Fsp3) is 0.412. The Morgan fingerprint density at radius 1 is 1.35 bits per heavy atom. The van der Waals surface area contributed by atoms with Crippen molar-refractivity contribution in [2.24, 2.45) is 0 Å². The number of carbonyl (C=O) groups is 2. The molecule has 1 aliphatic rings. The molecule has 0 bridgehead atoms. The van der Waals surface area contributed by atoms with Crippen molar-refractivity contribution in [2.75, 3.05) is 13.2 Å². The van der Waals surface area contributed by atoms with Crippen LogP contribution in [0, 0.1) is 0 Å². The van der Waals surface area contributed by atoms with Gasteiger partial charge in [-0.05, 0) is 6.92 Å². The van der Waals surface area contributed by atoms with Crippen LogP contribution in [0.2, 0.25) is 0 Å². The van der Waals surface area contributed by atoms with Gasteiger partial charge in [-0.25, -0.2) is 4.79 Å². The summed E-state index contributed by atoms with van der Waals surface area (Å²) < 4.78 is 21.7. The summed E-state index contributed by atoms with van der Waals surface area (Å²) in [7, 11) is 0. The van der Waals surface area contributed by atoms with E-state index in [2.05, 4.69) is 0 Å². The van der Waals surface area contributed by atoms with Crippen LogP contribution in [0.5, 0.6) is 0 Å². The second-order valence-corrected chi connectivity index (χ2v) is 4.88. The molecular formula is C17H20O6. The Balaban J connectivity index is 1.94. The lowest BCUT2D eigenvalue weighted by atomic mass is 10.1. The maximum absolute atomic E-state index is 11.2. The first kappa shape index (κ1) is 17.2. The number of carbonyl (C=O) groups excluding carboxylic acids is 2. The lowest BCUT2D eigenvalue weighted by Crippen LogP contribution is -2.41. The van der Waals surface area contributed by atoms with Gasteiger partial charge in [-0.2, -0.15) is 0 Å². The molecule has 1 heterocycles. The zero-order valence-electron chi connectivity index (χ0n) is 12.9. The van der Waals surface area contributed by atoms with Crippen molar-refractivity contribution in [2.45, 2.75) is 31.8 Å². The van der Waals surface area contributed by atoms with Gasteiger partial charge in [-0.1, -0.05) is 30.3 Å². The Bertz CT molecular complexity index is 527. The van der Waals surface area contributed by atoms with Gasteiger partial charge in [0.1, 0.15) is 18.5 Å². The molecule has 0 aliphatic carbocycles. The third-order valence-electron chi connectivity index (χ3n) is 3.27. The summed E-state index contributed by atoms with van der Waals surface area (Å²) in [5.74, 6) is -0.487. The second-order valence-electron chi connectivity index (χ2n) is 4.88. The highest BCUT2D eigenvalue weighted by molar-refractivity contribution is 5.81. The van der Waals surface area contributed by atoms with E-state index >= 15 is 0 Å². The molecule has 124 valence electrons. The molecule has 1 aromatic carbocycles. The average Bonchev–Trinajstić information content (AvgIpc) is 2.57. The van der Waals surface area contributed by atoms with Crippen LogP contribution in [-0.2, 0) is 28.5 Å². The van der Waals surface area contributed by atoms with E-state index in [1.807, 2.05) is 30.3 Å². The first-order chi connectivity index (χ1) is 11.2. The summed E-state index contributed by atoms with van der Waals surface area (Å²) in [6, 6.07) is 9.47. The molecular weight excluding hydrogens is 300 g/mol. The third-order valence-corrected chi connectivity index (χ3v) is 3.27. The highest BCUT2D eigenvalue weighted by Gasteiger charge is 2.33. The van der Waals surface area contributed by atoms with Gasteiger partial charge in [0.25, 0.3) is 0 Å². The number of aldehydes is 1. The summed E-state index contributed by atoms with van der Waals surface area (Å²) in [5, 5.41) is 0. The lowest BCUT2D eigenvalue weighted by Gasteiger charge is -2.35. The van der Waals surface area contributed by atoms with Gasteiger partial charge in [0.05, 0.1) is 25.6 Å². The lowest BCUT2D eigenvalue weighted by molar-refractivity contribution is -0.256. The minimum atomic E-state index is -0.532. The van der Waals surface area contributed by atoms with Crippen molar-refractivity contribution in [1.82, 2.24) is 0 Å². The number of hydrogen-bond donors (Lipinski definition) is 0. The van der Waals surface area contributed by atoms with Crippen molar-refractivity contribution in [3.05, 3.63) is 48.2 Å². The van der Waals surface area contributed by atoms with Gasteiger partial charge >= 0.3 is 5.97 Å². The van der Waals surface area contributed by atoms with Crippen LogP contribution in [0.4, 0.5) is 0 Å². The first-order valence-corrected chi connectivity index (χ1v) is 7.49. The summed E-state index contributed by atoms with van der Waals surface area (Å²) in [6.45, 7) is 2.27. The maximum Gasteiger partial charge on any atom is 0.333 e. The maximum atomic E-state index is 11.2. The summed E-state index contributed by atoms with van der Waals surface area (Å²) >= 11 is 0. The zero-order chi connectivity index (χ0) is 16.5. The van der Waals surface area contributed by atoms with Crippen LogP contribution in [0.3, 0.4) is 0 Å². The van der Waals surface area contributed by atoms with Crippen LogP contribution >= 0.6 is 0 Å². The fourth-order valence-electron chi connectivity index (χ4n) is 2.18. The predicted molar refractivity (Wildman–Crippen MR) is 81.3 cm³/mol. The van der Waals surface area contributed by atoms with Gasteiger partial charge in [0.15, 0.2) is 6.29 Å². The minimum absolute atomic E-state index is 0.185. The molecule has 0 unspecified atom stereocenters. The van der Waals surface area contributed by atoms with Crippen LogP contribution in [-0.4, -0.2) is 37.7 Å². The van der Waals surface area contributed by atoms with E-state index in [4.69, 9.17) is 18.9 Å². The van der Waals surface area contributed by atoms with E-state index in [-0.39, 0.29) is 13.0 Å². The second kappa shape index (κ2) is 9.07. The predicted octanol–water partition coefficient (Wildman–Crippen LogP) is 2.15. The van der Waals surface area contributed by atoms with Crippen LogP contribution in [0.15, 0.2) is 42.7 Å². The molecule has 6 heteroatoms. The smallest absolute Gasteiger partial charge is 0.333 e. The number of hydrogen-bond acceptors (Lipinski definition) is 6. The molecule has 0 aromatic heterocycles. The zero-order valence-corrected chi connectivity index (χ0v) is 12.9. The molecule has 1 saturated heterocycles. The van der Waals surface area contributed by atoms with E-state index in [1.165, 1.54) is 12.3 Å². The molecule has 3 atom stereocenters. The van der Waals surface area contributed by atoms with E-state index in [0.717, 1.165) is 11.8 Å². The highest BCUT2D eigenvalue weighted by Crippen LogP contribution is 2.28. The largest absolute Gasteiger partial charge is 0.493 e. The molecule has 0 amide bonds. The monoisotopic (exact) mass is 320 g/mol. The van der Waals surface area contributed by atoms with Gasteiger partial charge in [-0.15, -0.1) is 0 Å². The Labute approximate surface area is 135 Å². The number of rotatable bonds is 7.